The second-order valence-corrected chi connectivity index (χ2v) is 5.36. The van der Waals surface area contributed by atoms with Crippen LogP contribution in [0.4, 0.5) is 0 Å². The SMILES string of the molecule is C=C1C=CC(=C)C1=C.C=C1C=CC(=C2C=CC(=C)C2=C)C1=C. The van der Waals surface area contributed by atoms with Crippen molar-refractivity contribution in [2.24, 2.45) is 0 Å². The van der Waals surface area contributed by atoms with Crippen molar-refractivity contribution in [2.75, 3.05) is 0 Å². The summed E-state index contributed by atoms with van der Waals surface area (Å²) in [6.07, 6.45) is 11.9. The second-order valence-electron chi connectivity index (χ2n) is 5.36. The summed E-state index contributed by atoms with van der Waals surface area (Å²) in [5.41, 5.74) is 9.10. The standard InChI is InChI=1S/C14H12.C8H8/c1-9-5-7-13(11(9)3)14-8-6-10(2)12(14)4;1-6-4-5-7(2)8(6)3/h5-8H,1-4H2;4-5H,1-3H2. The summed E-state index contributed by atoms with van der Waals surface area (Å²) in [5, 5.41) is 0. The zero-order chi connectivity index (χ0) is 16.4. The van der Waals surface area contributed by atoms with Crippen molar-refractivity contribution >= 4 is 0 Å². The monoisotopic (exact) mass is 284 g/mol. The minimum absolute atomic E-state index is 0.963. The van der Waals surface area contributed by atoms with Gasteiger partial charge in [0.1, 0.15) is 0 Å². The van der Waals surface area contributed by atoms with Crippen molar-refractivity contribution in [1.29, 1.82) is 0 Å². The van der Waals surface area contributed by atoms with Crippen molar-refractivity contribution in [1.82, 2.24) is 0 Å². The van der Waals surface area contributed by atoms with E-state index in [4.69, 9.17) is 0 Å². The quantitative estimate of drug-likeness (QED) is 0.521. The first-order chi connectivity index (χ1) is 10.3. The first-order valence-corrected chi connectivity index (χ1v) is 6.96. The lowest BCUT2D eigenvalue weighted by atomic mass is 9.98. The lowest BCUT2D eigenvalue weighted by Crippen LogP contribution is -1.87. The van der Waals surface area contributed by atoms with Crippen LogP contribution in [-0.2, 0) is 0 Å². The van der Waals surface area contributed by atoms with Crippen molar-refractivity contribution in [3.63, 3.8) is 0 Å². The molecular formula is C22H20. The molecule has 0 fully saturated rings. The fourth-order valence-electron chi connectivity index (χ4n) is 2.23. The Balaban J connectivity index is 0.000000188. The summed E-state index contributed by atoms with van der Waals surface area (Å²) < 4.78 is 0. The van der Waals surface area contributed by atoms with Crippen LogP contribution in [0.3, 0.4) is 0 Å². The van der Waals surface area contributed by atoms with Crippen LogP contribution in [0.5, 0.6) is 0 Å². The highest BCUT2D eigenvalue weighted by Crippen LogP contribution is 2.36. The van der Waals surface area contributed by atoms with Crippen LogP contribution in [0.25, 0.3) is 0 Å². The smallest absolute Gasteiger partial charge is 0.0105 e. The Hall–Kier alpha value is -2.86. The first-order valence-electron chi connectivity index (χ1n) is 6.96. The molecule has 3 aliphatic carbocycles. The Morgan fingerprint density at radius 2 is 0.636 bits per heavy atom. The summed E-state index contributed by atoms with van der Waals surface area (Å²) in [6.45, 7) is 27.0. The molecule has 0 spiro atoms. The van der Waals surface area contributed by atoms with Crippen LogP contribution in [0, 0.1) is 0 Å². The predicted molar refractivity (Wildman–Crippen MR) is 98.4 cm³/mol. The minimum Gasteiger partial charge on any atom is -0.0912 e. The second kappa shape index (κ2) is 5.87. The Morgan fingerprint density at radius 1 is 0.364 bits per heavy atom. The fraction of sp³-hybridized carbons (Fsp3) is 0. The highest BCUT2D eigenvalue weighted by molar-refractivity contribution is 5.72. The molecule has 0 nitrogen and oxygen atoms in total. The molecule has 22 heavy (non-hydrogen) atoms. The van der Waals surface area contributed by atoms with E-state index in [1.54, 1.807) is 0 Å². The summed E-state index contributed by atoms with van der Waals surface area (Å²) >= 11 is 0. The predicted octanol–water partition coefficient (Wildman–Crippen LogP) is 5.87. The van der Waals surface area contributed by atoms with Crippen molar-refractivity contribution in [2.45, 2.75) is 0 Å². The van der Waals surface area contributed by atoms with E-state index >= 15 is 0 Å². The highest BCUT2D eigenvalue weighted by atomic mass is 14.2. The number of allylic oxidation sites excluding steroid dienone is 15. The molecule has 108 valence electrons. The number of hydrogen-bond acceptors (Lipinski definition) is 0. The molecule has 0 radical (unpaired) electrons. The topological polar surface area (TPSA) is 0 Å². The fourth-order valence-corrected chi connectivity index (χ4v) is 2.23. The van der Waals surface area contributed by atoms with E-state index in [9.17, 15) is 0 Å². The molecule has 0 atom stereocenters. The molecule has 0 aromatic carbocycles. The van der Waals surface area contributed by atoms with Crippen molar-refractivity contribution in [3.05, 3.63) is 133 Å². The molecule has 0 heterocycles. The van der Waals surface area contributed by atoms with Gasteiger partial charge in [-0.3, -0.25) is 0 Å². The Morgan fingerprint density at radius 3 is 0.818 bits per heavy atom. The highest BCUT2D eigenvalue weighted by Gasteiger charge is 2.18. The van der Waals surface area contributed by atoms with Crippen LogP contribution < -0.4 is 0 Å². The average Bonchev–Trinajstić information content (AvgIpc) is 3.09. The maximum atomic E-state index is 4.00. The summed E-state index contributed by atoms with van der Waals surface area (Å²) in [4.78, 5) is 0. The van der Waals surface area contributed by atoms with Crippen LogP contribution in [0.2, 0.25) is 0 Å². The van der Waals surface area contributed by atoms with Gasteiger partial charge in [-0.05, 0) is 50.2 Å². The molecule has 0 aromatic rings. The molecular weight excluding hydrogens is 264 g/mol. The van der Waals surface area contributed by atoms with E-state index in [1.165, 1.54) is 0 Å². The Bertz CT molecular complexity index is 716. The van der Waals surface area contributed by atoms with Crippen LogP contribution in [-0.4, -0.2) is 0 Å². The lowest BCUT2D eigenvalue weighted by molar-refractivity contribution is 1.48. The van der Waals surface area contributed by atoms with Gasteiger partial charge in [0.25, 0.3) is 0 Å². The maximum absolute atomic E-state index is 4.00. The Labute approximate surface area is 133 Å². The zero-order valence-electron chi connectivity index (χ0n) is 12.9. The molecule has 3 rings (SSSR count). The normalized spacial score (nSPS) is 23.0. The van der Waals surface area contributed by atoms with E-state index in [0.717, 1.165) is 50.2 Å². The molecule has 0 amide bonds. The van der Waals surface area contributed by atoms with E-state index in [-0.39, 0.29) is 0 Å². The maximum Gasteiger partial charge on any atom is -0.0105 e. The van der Waals surface area contributed by atoms with E-state index < -0.39 is 0 Å². The van der Waals surface area contributed by atoms with Gasteiger partial charge in [-0.25, -0.2) is 0 Å². The molecule has 0 unspecified atom stereocenters. The summed E-state index contributed by atoms with van der Waals surface area (Å²) in [5.74, 6) is 0. The molecule has 0 saturated carbocycles. The number of rotatable bonds is 0. The van der Waals surface area contributed by atoms with Gasteiger partial charge in [0.05, 0.1) is 0 Å². The van der Waals surface area contributed by atoms with Gasteiger partial charge in [-0.1, -0.05) is 82.5 Å². The van der Waals surface area contributed by atoms with Crippen molar-refractivity contribution < 1.29 is 0 Å². The Kier molecular flexibility index (Phi) is 4.14. The van der Waals surface area contributed by atoms with E-state index in [2.05, 4.69) is 46.1 Å². The molecule has 0 aromatic heterocycles. The first kappa shape index (κ1) is 15.5. The van der Waals surface area contributed by atoms with Crippen molar-refractivity contribution in [3.8, 4) is 0 Å². The third-order valence-corrected chi connectivity index (χ3v) is 3.88. The molecule has 0 aliphatic heterocycles. The average molecular weight is 284 g/mol. The van der Waals surface area contributed by atoms with Gasteiger partial charge < -0.3 is 0 Å². The minimum atomic E-state index is 0.963. The van der Waals surface area contributed by atoms with Gasteiger partial charge in [0.15, 0.2) is 0 Å². The molecule has 0 N–H and O–H groups in total. The summed E-state index contributed by atoms with van der Waals surface area (Å²) in [7, 11) is 0. The van der Waals surface area contributed by atoms with Gasteiger partial charge in [0, 0.05) is 0 Å². The van der Waals surface area contributed by atoms with E-state index in [0.29, 0.717) is 0 Å². The van der Waals surface area contributed by atoms with Gasteiger partial charge >= 0.3 is 0 Å². The lowest BCUT2D eigenvalue weighted by Gasteiger charge is -2.05. The summed E-state index contributed by atoms with van der Waals surface area (Å²) in [6, 6.07) is 0. The molecule has 0 saturated heterocycles. The van der Waals surface area contributed by atoms with Gasteiger partial charge in [-0.15, -0.1) is 0 Å². The molecule has 3 aliphatic rings. The van der Waals surface area contributed by atoms with Crippen LogP contribution in [0.15, 0.2) is 133 Å². The van der Waals surface area contributed by atoms with Gasteiger partial charge in [-0.2, -0.15) is 0 Å². The zero-order valence-corrected chi connectivity index (χ0v) is 12.9. The van der Waals surface area contributed by atoms with Gasteiger partial charge in [0.2, 0.25) is 0 Å². The third-order valence-electron chi connectivity index (χ3n) is 3.88. The number of hydrogen-bond donors (Lipinski definition) is 0. The third kappa shape index (κ3) is 2.77. The van der Waals surface area contributed by atoms with Crippen LogP contribution in [0.1, 0.15) is 0 Å². The molecule has 0 heteroatoms. The van der Waals surface area contributed by atoms with E-state index in [1.807, 2.05) is 36.5 Å². The van der Waals surface area contributed by atoms with Crippen LogP contribution >= 0.6 is 0 Å². The largest absolute Gasteiger partial charge is 0.0912 e. The molecule has 0 bridgehead atoms.